The number of amides is 1. The van der Waals surface area contributed by atoms with Gasteiger partial charge in [-0.05, 0) is 47.2 Å². The van der Waals surface area contributed by atoms with Crippen LogP contribution in [-0.4, -0.2) is 109 Å². The Bertz CT molecular complexity index is 1100. The minimum Gasteiger partial charge on any atom is -0.457 e. The monoisotopic (exact) mass is 638 g/mol. The first-order chi connectivity index (χ1) is 21.0. The van der Waals surface area contributed by atoms with Gasteiger partial charge in [0.25, 0.3) is 0 Å². The average Bonchev–Trinajstić information content (AvgIpc) is 3.30. The summed E-state index contributed by atoms with van der Waals surface area (Å²) in [5.74, 6) is -5.58. The number of methoxy groups -OCH3 is 1. The first-order valence-corrected chi connectivity index (χ1v) is 16.1. The molecule has 0 bridgehead atoms. The molecule has 0 aliphatic carbocycles. The van der Waals surface area contributed by atoms with Gasteiger partial charge in [0.15, 0.2) is 17.7 Å². The number of carbonyl (C=O) groups excluding carboxylic acids is 4. The molecule has 1 amide bonds. The van der Waals surface area contributed by atoms with Gasteiger partial charge in [-0.15, -0.1) is 6.58 Å². The van der Waals surface area contributed by atoms with Crippen molar-refractivity contribution in [3.05, 3.63) is 12.7 Å². The summed E-state index contributed by atoms with van der Waals surface area (Å²) in [7, 11) is 5.23. The summed E-state index contributed by atoms with van der Waals surface area (Å²) >= 11 is 0. The van der Waals surface area contributed by atoms with E-state index in [1.165, 1.54) is 13.2 Å². The predicted molar refractivity (Wildman–Crippen MR) is 165 cm³/mol. The number of hydrogen-bond acceptors (Lipinski definition) is 11. The second-order valence-corrected chi connectivity index (χ2v) is 13.5. The van der Waals surface area contributed by atoms with Gasteiger partial charge >= 0.3 is 12.1 Å². The van der Waals surface area contributed by atoms with Crippen LogP contribution in [0.25, 0.3) is 0 Å². The van der Waals surface area contributed by atoms with Crippen molar-refractivity contribution in [3.8, 4) is 0 Å². The highest BCUT2D eigenvalue weighted by Gasteiger charge is 2.57. The van der Waals surface area contributed by atoms with E-state index in [0.29, 0.717) is 6.42 Å². The molecule has 3 aliphatic rings. The first kappa shape index (κ1) is 37.1. The molecular weight excluding hydrogens is 584 g/mol. The molecule has 0 radical (unpaired) electrons. The molecule has 2 unspecified atom stereocenters. The topological polar surface area (TPSA) is 150 Å². The van der Waals surface area contributed by atoms with Gasteiger partial charge in [0.05, 0.1) is 24.4 Å². The Morgan fingerprint density at radius 3 is 2.22 bits per heavy atom. The zero-order valence-corrected chi connectivity index (χ0v) is 28.5. The van der Waals surface area contributed by atoms with E-state index in [0.717, 1.165) is 0 Å². The number of esters is 1. The maximum atomic E-state index is 14.2. The smallest absolute Gasteiger partial charge is 0.408 e. The normalized spacial score (nSPS) is 43.6. The van der Waals surface area contributed by atoms with E-state index in [2.05, 4.69) is 11.9 Å². The summed E-state index contributed by atoms with van der Waals surface area (Å²) in [5.41, 5.74) is -1.37. The molecule has 14 atom stereocenters. The van der Waals surface area contributed by atoms with Gasteiger partial charge in [-0.1, -0.05) is 40.7 Å². The maximum Gasteiger partial charge on any atom is 0.408 e. The van der Waals surface area contributed by atoms with Crippen LogP contribution in [0.2, 0.25) is 0 Å². The Labute approximate surface area is 267 Å². The molecule has 2 N–H and O–H groups in total. The molecule has 0 saturated carbocycles. The van der Waals surface area contributed by atoms with E-state index in [-0.39, 0.29) is 30.8 Å². The van der Waals surface area contributed by atoms with Crippen LogP contribution in [0.3, 0.4) is 0 Å². The number of carbonyl (C=O) groups is 4. The quantitative estimate of drug-likeness (QED) is 0.241. The predicted octanol–water partition coefficient (Wildman–Crippen LogP) is 2.89. The number of nitrogens with one attached hydrogen (secondary N) is 1. The summed E-state index contributed by atoms with van der Waals surface area (Å²) in [6.45, 7) is 16.0. The third-order valence-electron chi connectivity index (χ3n) is 10.2. The van der Waals surface area contributed by atoms with Gasteiger partial charge in [0.2, 0.25) is 0 Å². The molecule has 45 heavy (non-hydrogen) atoms. The number of allylic oxidation sites excluding steroid dienone is 1. The number of rotatable bonds is 7. The number of cyclic esters (lactones) is 1. The number of ketones is 2. The molecule has 3 heterocycles. The van der Waals surface area contributed by atoms with E-state index in [1.54, 1.807) is 34.6 Å². The lowest BCUT2D eigenvalue weighted by molar-refractivity contribution is -0.281. The van der Waals surface area contributed by atoms with E-state index in [1.807, 2.05) is 32.8 Å². The van der Waals surface area contributed by atoms with Crippen LogP contribution < -0.4 is 5.32 Å². The average molecular weight is 639 g/mol. The highest BCUT2D eigenvalue weighted by molar-refractivity contribution is 6.00. The van der Waals surface area contributed by atoms with Gasteiger partial charge in [-0.2, -0.15) is 0 Å². The molecule has 0 aromatic heterocycles. The number of fused-ring (bicyclic) bond motifs is 1. The molecule has 3 fully saturated rings. The van der Waals surface area contributed by atoms with E-state index in [4.69, 9.17) is 23.7 Å². The fourth-order valence-electron chi connectivity index (χ4n) is 7.56. The summed E-state index contributed by atoms with van der Waals surface area (Å²) in [6, 6.07) is -1.08. The van der Waals surface area contributed by atoms with Crippen LogP contribution in [0.15, 0.2) is 12.7 Å². The maximum absolute atomic E-state index is 14.2. The van der Waals surface area contributed by atoms with E-state index < -0.39 is 89.8 Å². The molecule has 256 valence electrons. The van der Waals surface area contributed by atoms with Gasteiger partial charge in [0, 0.05) is 36.8 Å². The Morgan fingerprint density at radius 2 is 1.67 bits per heavy atom. The number of ether oxygens (including phenoxy) is 5. The summed E-state index contributed by atoms with van der Waals surface area (Å²) in [6.07, 6.45) is -3.32. The molecule has 0 spiro atoms. The number of aliphatic hydroxyl groups is 1. The molecular formula is C33H54N2O10. The largest absolute Gasteiger partial charge is 0.457 e. The van der Waals surface area contributed by atoms with Crippen molar-refractivity contribution in [1.82, 2.24) is 10.2 Å². The van der Waals surface area contributed by atoms with Crippen LogP contribution in [0.5, 0.6) is 0 Å². The Morgan fingerprint density at radius 1 is 1.04 bits per heavy atom. The third kappa shape index (κ3) is 7.45. The lowest BCUT2D eigenvalue weighted by atomic mass is 9.73. The number of aliphatic hydroxyl groups excluding tert-OH is 1. The number of nitrogens with zero attached hydrogens (tertiary/aromatic N) is 1. The zero-order valence-electron chi connectivity index (χ0n) is 28.5. The summed E-state index contributed by atoms with van der Waals surface area (Å²) in [4.78, 5) is 56.6. The van der Waals surface area contributed by atoms with Crippen molar-refractivity contribution in [3.63, 3.8) is 0 Å². The lowest BCUT2D eigenvalue weighted by Gasteiger charge is -2.45. The standard InChI is InChI=1S/C33H54N2O10/c1-12-14-21-25(37)18(5)28(44-31-26(38)22(35(9)10)15-16(3)42-31)20(7)27(41-11)17(4)24(36)19(6)29-33(8,45-32(40)34-29)23(13-2)43-30(21)39/h12,16-23,26-29,31,38H,1,13-15H2,2-11H3,(H,34,40)/t16-,17+,18+,19-,20-,21?,22+,23+,26-,27+,28-,29?,31+,33-/m1/s1. The van der Waals surface area contributed by atoms with Crippen molar-refractivity contribution < 1.29 is 48.0 Å². The third-order valence-corrected chi connectivity index (χ3v) is 10.2. The van der Waals surface area contributed by atoms with Crippen molar-refractivity contribution in [2.75, 3.05) is 21.2 Å². The highest BCUT2D eigenvalue weighted by atomic mass is 16.7. The molecule has 0 aromatic rings. The Kier molecular flexibility index (Phi) is 12.4. The number of likely N-dealkylation sites (N-methyl/N-ethyl adjacent to an activating group) is 1. The van der Waals surface area contributed by atoms with Crippen LogP contribution in [-0.2, 0) is 38.1 Å². The Hall–Kier alpha value is -2.38. The van der Waals surface area contributed by atoms with Crippen molar-refractivity contribution >= 4 is 23.6 Å². The molecule has 12 nitrogen and oxygen atoms in total. The van der Waals surface area contributed by atoms with Crippen molar-refractivity contribution in [1.29, 1.82) is 0 Å². The number of alkyl carbamates (subject to hydrolysis) is 1. The molecule has 3 saturated heterocycles. The minimum absolute atomic E-state index is 0.0129. The number of hydrogen-bond donors (Lipinski definition) is 2. The highest BCUT2D eigenvalue weighted by Crippen LogP contribution is 2.39. The van der Waals surface area contributed by atoms with Gasteiger partial charge in [-0.25, -0.2) is 4.79 Å². The SMILES string of the molecule is C=CCC1C(=O)O[C@@H](CC)[C@@]2(C)OC(=O)NC2[C@H](C)C(=O)[C@H](C)[C@H](OC)[C@@H](C)[C@H](O[C@@H]2O[C@H](C)C[C@H](N(C)C)[C@H]2O)[C@@H](C)C1=O. The molecule has 12 heteroatoms. The van der Waals surface area contributed by atoms with E-state index in [9.17, 15) is 24.3 Å². The van der Waals surface area contributed by atoms with Crippen LogP contribution in [0, 0.1) is 29.6 Å². The zero-order chi connectivity index (χ0) is 34.0. The lowest BCUT2D eigenvalue weighted by Crippen LogP contribution is -2.59. The first-order valence-electron chi connectivity index (χ1n) is 16.1. The Balaban J connectivity index is 2.14. The van der Waals surface area contributed by atoms with Crippen LogP contribution >= 0.6 is 0 Å². The van der Waals surface area contributed by atoms with Crippen molar-refractivity contribution in [2.24, 2.45) is 29.6 Å². The van der Waals surface area contributed by atoms with Gasteiger partial charge in [-0.3, -0.25) is 14.4 Å². The van der Waals surface area contributed by atoms with Gasteiger partial charge < -0.3 is 39.0 Å². The second-order valence-electron chi connectivity index (χ2n) is 13.5. The summed E-state index contributed by atoms with van der Waals surface area (Å²) < 4.78 is 30.2. The van der Waals surface area contributed by atoms with Crippen molar-refractivity contribution in [2.45, 2.75) is 122 Å². The number of Topliss-reactive ketones (excluding diaryl/α,β-unsaturated/α-hetero) is 2. The van der Waals surface area contributed by atoms with Gasteiger partial charge in [0.1, 0.15) is 23.9 Å². The molecule has 0 aromatic carbocycles. The molecule has 3 aliphatic heterocycles. The fourth-order valence-corrected chi connectivity index (χ4v) is 7.56. The molecule has 3 rings (SSSR count). The summed E-state index contributed by atoms with van der Waals surface area (Å²) in [5, 5.41) is 14.1. The van der Waals surface area contributed by atoms with Crippen LogP contribution in [0.1, 0.15) is 67.7 Å². The van der Waals surface area contributed by atoms with Crippen LogP contribution in [0.4, 0.5) is 4.79 Å². The second kappa shape index (κ2) is 15.0. The van der Waals surface area contributed by atoms with E-state index >= 15 is 0 Å². The fraction of sp³-hybridized carbons (Fsp3) is 0.818. The minimum atomic E-state index is -1.37.